The lowest BCUT2D eigenvalue weighted by molar-refractivity contribution is -0.139. The smallest absolute Gasteiger partial charge is 0.378 e. The van der Waals surface area contributed by atoms with Crippen LogP contribution in [0.2, 0.25) is 0 Å². The minimum Gasteiger partial charge on any atom is -0.378 e. The summed E-state index contributed by atoms with van der Waals surface area (Å²) in [5.74, 6) is -0.313. The maximum Gasteiger partial charge on any atom is 0.405 e. The van der Waals surface area contributed by atoms with E-state index in [1.54, 1.807) is 6.92 Å². The summed E-state index contributed by atoms with van der Waals surface area (Å²) in [4.78, 5) is 11.4. The van der Waals surface area contributed by atoms with Crippen molar-refractivity contribution in [1.29, 1.82) is 0 Å². The molecular weight excluding hydrogens is 261 g/mol. The fourth-order valence-electron chi connectivity index (χ4n) is 2.14. The monoisotopic (exact) mass is 282 g/mol. The van der Waals surface area contributed by atoms with E-state index in [0.717, 1.165) is 12.8 Å². The van der Waals surface area contributed by atoms with Crippen LogP contribution in [-0.2, 0) is 9.53 Å². The number of hydrogen-bond donors (Lipinski definition) is 2. The van der Waals surface area contributed by atoms with Gasteiger partial charge in [0.25, 0.3) is 0 Å². The Kier molecular flexibility index (Phi) is 6.06. The van der Waals surface area contributed by atoms with Crippen molar-refractivity contribution >= 4 is 5.91 Å². The van der Waals surface area contributed by atoms with Gasteiger partial charge in [-0.05, 0) is 25.7 Å². The summed E-state index contributed by atoms with van der Waals surface area (Å²) >= 11 is 0. The van der Waals surface area contributed by atoms with Crippen LogP contribution in [0.15, 0.2) is 0 Å². The van der Waals surface area contributed by atoms with Crippen LogP contribution in [0.5, 0.6) is 0 Å². The zero-order chi connectivity index (χ0) is 14.5. The van der Waals surface area contributed by atoms with Crippen molar-refractivity contribution in [2.75, 3.05) is 19.7 Å². The van der Waals surface area contributed by atoms with Gasteiger partial charge in [-0.1, -0.05) is 6.92 Å². The van der Waals surface area contributed by atoms with E-state index >= 15 is 0 Å². The molecule has 1 amide bonds. The van der Waals surface area contributed by atoms with Crippen molar-refractivity contribution in [3.8, 4) is 0 Å². The van der Waals surface area contributed by atoms with Gasteiger partial charge in [-0.15, -0.1) is 0 Å². The highest BCUT2D eigenvalue weighted by Crippen LogP contribution is 2.22. The third-order valence-electron chi connectivity index (χ3n) is 3.29. The fourth-order valence-corrected chi connectivity index (χ4v) is 2.14. The minimum absolute atomic E-state index is 0.179. The van der Waals surface area contributed by atoms with Gasteiger partial charge < -0.3 is 15.4 Å². The minimum atomic E-state index is -4.37. The number of hydrogen-bond acceptors (Lipinski definition) is 3. The SMILES string of the molecule is CCC1OCCC1CNC(C)C(=O)NCC(F)(F)F. The molecular formula is C12H21F3N2O2. The molecule has 7 heteroatoms. The van der Waals surface area contributed by atoms with Crippen LogP contribution >= 0.6 is 0 Å². The fraction of sp³-hybridized carbons (Fsp3) is 0.917. The number of carbonyl (C=O) groups excluding carboxylic acids is 1. The van der Waals surface area contributed by atoms with E-state index < -0.39 is 24.7 Å². The van der Waals surface area contributed by atoms with Crippen LogP contribution in [0, 0.1) is 5.92 Å². The van der Waals surface area contributed by atoms with Gasteiger partial charge in [0.05, 0.1) is 12.1 Å². The van der Waals surface area contributed by atoms with E-state index in [1.165, 1.54) is 0 Å². The molecule has 3 atom stereocenters. The van der Waals surface area contributed by atoms with Crippen LogP contribution in [0.4, 0.5) is 13.2 Å². The van der Waals surface area contributed by atoms with Crippen LogP contribution in [-0.4, -0.2) is 43.9 Å². The second kappa shape index (κ2) is 7.09. The van der Waals surface area contributed by atoms with E-state index in [-0.39, 0.29) is 6.10 Å². The summed E-state index contributed by atoms with van der Waals surface area (Å²) in [5.41, 5.74) is 0. The first-order valence-corrected chi connectivity index (χ1v) is 6.53. The molecule has 0 spiro atoms. The molecule has 0 bridgehead atoms. The molecule has 1 saturated heterocycles. The molecule has 0 radical (unpaired) electrons. The van der Waals surface area contributed by atoms with Gasteiger partial charge in [-0.3, -0.25) is 4.79 Å². The molecule has 1 aliphatic heterocycles. The van der Waals surface area contributed by atoms with Crippen LogP contribution in [0.3, 0.4) is 0 Å². The molecule has 19 heavy (non-hydrogen) atoms. The molecule has 3 unspecified atom stereocenters. The highest BCUT2D eigenvalue weighted by molar-refractivity contribution is 5.81. The Hall–Kier alpha value is -0.820. The maximum absolute atomic E-state index is 12.0. The molecule has 1 fully saturated rings. The molecule has 2 N–H and O–H groups in total. The third kappa shape index (κ3) is 5.78. The highest BCUT2D eigenvalue weighted by Gasteiger charge is 2.30. The van der Waals surface area contributed by atoms with E-state index in [2.05, 4.69) is 5.32 Å². The van der Waals surface area contributed by atoms with E-state index in [9.17, 15) is 18.0 Å². The Bertz CT molecular complexity index is 297. The van der Waals surface area contributed by atoms with Gasteiger partial charge in [0, 0.05) is 13.2 Å². The van der Waals surface area contributed by atoms with E-state index in [4.69, 9.17) is 4.74 Å². The largest absolute Gasteiger partial charge is 0.405 e. The molecule has 0 saturated carbocycles. The lowest BCUT2D eigenvalue weighted by Gasteiger charge is -2.20. The molecule has 1 heterocycles. The van der Waals surface area contributed by atoms with Crippen LogP contribution in [0.25, 0.3) is 0 Å². The molecule has 4 nitrogen and oxygen atoms in total. The van der Waals surface area contributed by atoms with Crippen LogP contribution < -0.4 is 10.6 Å². The number of ether oxygens (including phenoxy) is 1. The number of rotatable bonds is 6. The summed E-state index contributed by atoms with van der Waals surface area (Å²) in [7, 11) is 0. The summed E-state index contributed by atoms with van der Waals surface area (Å²) in [6.07, 6.45) is -2.37. The number of nitrogens with one attached hydrogen (secondary N) is 2. The highest BCUT2D eigenvalue weighted by atomic mass is 19.4. The predicted octanol–water partition coefficient (Wildman–Crippen LogP) is 1.46. The zero-order valence-corrected chi connectivity index (χ0v) is 11.2. The van der Waals surface area contributed by atoms with E-state index in [1.807, 2.05) is 12.2 Å². The average Bonchev–Trinajstić information content (AvgIpc) is 2.79. The van der Waals surface area contributed by atoms with E-state index in [0.29, 0.717) is 19.1 Å². The average molecular weight is 282 g/mol. The molecule has 0 aromatic carbocycles. The topological polar surface area (TPSA) is 50.4 Å². The second-order valence-electron chi connectivity index (χ2n) is 4.83. The summed E-state index contributed by atoms with van der Waals surface area (Å²) < 4.78 is 41.4. The van der Waals surface area contributed by atoms with Gasteiger partial charge >= 0.3 is 6.18 Å². The van der Waals surface area contributed by atoms with Crippen molar-refractivity contribution in [3.63, 3.8) is 0 Å². The Morgan fingerprint density at radius 3 is 2.74 bits per heavy atom. The molecule has 0 aromatic rings. The second-order valence-corrected chi connectivity index (χ2v) is 4.83. The van der Waals surface area contributed by atoms with Crippen molar-refractivity contribution in [3.05, 3.63) is 0 Å². The third-order valence-corrected chi connectivity index (χ3v) is 3.29. The van der Waals surface area contributed by atoms with Crippen molar-refractivity contribution in [1.82, 2.24) is 10.6 Å². The number of halogens is 3. The first-order valence-electron chi connectivity index (χ1n) is 6.53. The Labute approximate surface area is 111 Å². The van der Waals surface area contributed by atoms with Crippen molar-refractivity contribution < 1.29 is 22.7 Å². The molecule has 1 aliphatic rings. The first kappa shape index (κ1) is 16.2. The quantitative estimate of drug-likeness (QED) is 0.775. The standard InChI is InChI=1S/C12H21F3N2O2/c1-3-10-9(4-5-19-10)6-16-8(2)11(18)17-7-12(13,14)15/h8-10,16H,3-7H2,1-2H3,(H,17,18). The first-order chi connectivity index (χ1) is 8.83. The van der Waals surface area contributed by atoms with Gasteiger partial charge in [-0.25, -0.2) is 0 Å². The van der Waals surface area contributed by atoms with Crippen molar-refractivity contribution in [2.24, 2.45) is 5.92 Å². The lowest BCUT2D eigenvalue weighted by atomic mass is 9.99. The van der Waals surface area contributed by atoms with Crippen molar-refractivity contribution in [2.45, 2.75) is 45.0 Å². The number of alkyl halides is 3. The van der Waals surface area contributed by atoms with Gasteiger partial charge in [0.2, 0.25) is 5.91 Å². The predicted molar refractivity (Wildman–Crippen MR) is 64.7 cm³/mol. The summed E-state index contributed by atoms with van der Waals surface area (Å²) in [6.45, 7) is 3.59. The Morgan fingerprint density at radius 2 is 2.16 bits per heavy atom. The Balaban J connectivity index is 2.26. The van der Waals surface area contributed by atoms with Gasteiger partial charge in [-0.2, -0.15) is 13.2 Å². The molecule has 0 aromatic heterocycles. The molecule has 112 valence electrons. The summed E-state index contributed by atoms with van der Waals surface area (Å²) in [5, 5.41) is 4.83. The van der Waals surface area contributed by atoms with Gasteiger partial charge in [0.1, 0.15) is 6.54 Å². The lowest BCUT2D eigenvalue weighted by Crippen LogP contribution is -2.46. The number of carbonyl (C=O) groups is 1. The normalized spacial score (nSPS) is 25.3. The zero-order valence-electron chi connectivity index (χ0n) is 11.2. The summed E-state index contributed by atoms with van der Waals surface area (Å²) in [6, 6.07) is -0.638. The maximum atomic E-state index is 12.0. The van der Waals surface area contributed by atoms with Crippen LogP contribution in [0.1, 0.15) is 26.7 Å². The molecule has 1 rings (SSSR count). The van der Waals surface area contributed by atoms with Gasteiger partial charge in [0.15, 0.2) is 0 Å². The number of amides is 1. The Morgan fingerprint density at radius 1 is 1.47 bits per heavy atom. The molecule has 0 aliphatic carbocycles.